The molecule has 1 atom stereocenters. The molecule has 0 radical (unpaired) electrons. The van der Waals surface area contributed by atoms with E-state index in [1.54, 1.807) is 6.08 Å². The zero-order chi connectivity index (χ0) is 20.9. The Morgan fingerprint density at radius 3 is 1.75 bits per heavy atom. The van der Waals surface area contributed by atoms with Gasteiger partial charge in [0.25, 0.3) is 0 Å². The Labute approximate surface area is 172 Å². The highest BCUT2D eigenvalue weighted by molar-refractivity contribution is 5.81. The topological polar surface area (TPSA) is 64.6 Å². The van der Waals surface area contributed by atoms with Crippen molar-refractivity contribution in [1.29, 1.82) is 0 Å². The number of nitrogens with one attached hydrogen (secondary N) is 1. The number of unbranched alkanes of at least 4 members (excludes halogenated alkanes) is 11. The van der Waals surface area contributed by atoms with Crippen LogP contribution in [0, 0.1) is 0 Å². The number of amides is 1. The van der Waals surface area contributed by atoms with E-state index in [0.29, 0.717) is 19.6 Å². The molecule has 0 aliphatic carbocycles. The predicted molar refractivity (Wildman–Crippen MR) is 115 cm³/mol. The highest BCUT2D eigenvalue weighted by atomic mass is 16.6. The van der Waals surface area contributed by atoms with Gasteiger partial charge in [-0.3, -0.25) is 0 Å². The van der Waals surface area contributed by atoms with Crippen LogP contribution < -0.4 is 5.32 Å². The summed E-state index contributed by atoms with van der Waals surface area (Å²) in [7, 11) is 0. The summed E-state index contributed by atoms with van der Waals surface area (Å²) in [6, 6.07) is -0.723. The maximum absolute atomic E-state index is 12.2. The van der Waals surface area contributed by atoms with Gasteiger partial charge in [0.15, 0.2) is 0 Å². The second kappa shape index (κ2) is 20.2. The van der Waals surface area contributed by atoms with Crippen LogP contribution in [0.4, 0.5) is 4.79 Å². The van der Waals surface area contributed by atoms with E-state index in [4.69, 9.17) is 9.47 Å². The summed E-state index contributed by atoms with van der Waals surface area (Å²) in [5.74, 6) is -0.414. The monoisotopic (exact) mass is 397 g/mol. The maximum atomic E-state index is 12.2. The van der Waals surface area contributed by atoms with Crippen molar-refractivity contribution in [2.75, 3.05) is 13.2 Å². The fourth-order valence-corrected chi connectivity index (χ4v) is 2.94. The molecule has 164 valence electrons. The predicted octanol–water partition coefficient (Wildman–Crippen LogP) is 6.31. The van der Waals surface area contributed by atoms with Crippen LogP contribution in [0.25, 0.3) is 0 Å². The minimum absolute atomic E-state index is 0.335. The zero-order valence-corrected chi connectivity index (χ0v) is 18.3. The van der Waals surface area contributed by atoms with Crippen molar-refractivity contribution >= 4 is 12.1 Å². The summed E-state index contributed by atoms with van der Waals surface area (Å²) in [5, 5.41) is 2.60. The molecular weight excluding hydrogens is 354 g/mol. The molecule has 0 aromatic rings. The molecule has 0 aromatic carbocycles. The Kier molecular flexibility index (Phi) is 19.1. The molecule has 0 saturated heterocycles. The van der Waals surface area contributed by atoms with Crippen molar-refractivity contribution in [3.63, 3.8) is 0 Å². The Morgan fingerprint density at radius 2 is 1.25 bits per heavy atom. The highest BCUT2D eigenvalue weighted by Gasteiger charge is 2.21. The zero-order valence-electron chi connectivity index (χ0n) is 18.3. The van der Waals surface area contributed by atoms with Gasteiger partial charge in [-0.15, -0.1) is 6.58 Å². The van der Waals surface area contributed by atoms with Crippen LogP contribution in [-0.2, 0) is 14.3 Å². The molecule has 0 aliphatic heterocycles. The van der Waals surface area contributed by atoms with Crippen molar-refractivity contribution in [3.05, 3.63) is 12.7 Å². The first-order chi connectivity index (χ1) is 13.7. The van der Waals surface area contributed by atoms with Crippen LogP contribution in [0.5, 0.6) is 0 Å². The number of hydrogen-bond donors (Lipinski definition) is 1. The third-order valence-electron chi connectivity index (χ3n) is 4.70. The first kappa shape index (κ1) is 26.5. The third-order valence-corrected chi connectivity index (χ3v) is 4.70. The normalized spacial score (nSPS) is 11.6. The number of carbonyl (C=O) groups is 2. The lowest BCUT2D eigenvalue weighted by Crippen LogP contribution is -2.42. The Balaban J connectivity index is 3.87. The number of carbonyl (C=O) groups excluding carboxylic acids is 2. The SMILES string of the molecule is C=CCC(NC(=O)OCCCCCCCC)C(=O)OCCCCCCCCC. The summed E-state index contributed by atoms with van der Waals surface area (Å²) in [6.45, 7) is 8.82. The Bertz CT molecular complexity index is 398. The summed E-state index contributed by atoms with van der Waals surface area (Å²) in [4.78, 5) is 24.1. The van der Waals surface area contributed by atoms with Crippen LogP contribution in [-0.4, -0.2) is 31.3 Å². The summed E-state index contributed by atoms with van der Waals surface area (Å²) in [5.41, 5.74) is 0. The fourth-order valence-electron chi connectivity index (χ4n) is 2.94. The van der Waals surface area contributed by atoms with Gasteiger partial charge in [-0.2, -0.15) is 0 Å². The van der Waals surface area contributed by atoms with E-state index in [1.165, 1.54) is 57.8 Å². The van der Waals surface area contributed by atoms with Gasteiger partial charge in [-0.25, -0.2) is 9.59 Å². The molecular formula is C23H43NO4. The molecule has 0 bridgehead atoms. The molecule has 0 saturated carbocycles. The summed E-state index contributed by atoms with van der Waals surface area (Å²) in [6.07, 6.45) is 16.3. The van der Waals surface area contributed by atoms with E-state index in [0.717, 1.165) is 25.7 Å². The van der Waals surface area contributed by atoms with Crippen LogP contribution in [0.1, 0.15) is 104 Å². The molecule has 1 unspecified atom stereocenters. The molecule has 0 aromatic heterocycles. The molecule has 0 fully saturated rings. The van der Waals surface area contributed by atoms with Gasteiger partial charge in [0, 0.05) is 0 Å². The molecule has 0 aliphatic rings. The maximum Gasteiger partial charge on any atom is 0.407 e. The van der Waals surface area contributed by atoms with Crippen LogP contribution in [0.2, 0.25) is 0 Å². The lowest BCUT2D eigenvalue weighted by Gasteiger charge is -2.16. The minimum atomic E-state index is -0.723. The van der Waals surface area contributed by atoms with E-state index in [1.807, 2.05) is 0 Å². The second-order valence-electron chi connectivity index (χ2n) is 7.41. The standard InChI is InChI=1S/C23H43NO4/c1-4-7-9-11-13-15-16-19-27-22(25)21(18-6-3)24-23(26)28-20-17-14-12-10-8-5-2/h6,21H,3-5,7-20H2,1-2H3,(H,24,26). The molecule has 0 spiro atoms. The van der Waals surface area contributed by atoms with Crippen molar-refractivity contribution in [1.82, 2.24) is 5.32 Å². The average Bonchev–Trinajstić information content (AvgIpc) is 2.68. The Morgan fingerprint density at radius 1 is 0.786 bits per heavy atom. The van der Waals surface area contributed by atoms with Gasteiger partial charge < -0.3 is 14.8 Å². The molecule has 0 rings (SSSR count). The number of esters is 1. The van der Waals surface area contributed by atoms with Crippen molar-refractivity contribution in [2.45, 2.75) is 110 Å². The molecule has 0 heterocycles. The van der Waals surface area contributed by atoms with E-state index in [9.17, 15) is 9.59 Å². The van der Waals surface area contributed by atoms with E-state index in [-0.39, 0.29) is 0 Å². The van der Waals surface area contributed by atoms with Crippen molar-refractivity contribution < 1.29 is 19.1 Å². The fraction of sp³-hybridized carbons (Fsp3) is 0.826. The van der Waals surface area contributed by atoms with Crippen molar-refractivity contribution in [3.8, 4) is 0 Å². The molecule has 5 heteroatoms. The average molecular weight is 398 g/mol. The number of rotatable bonds is 19. The van der Waals surface area contributed by atoms with Gasteiger partial charge in [-0.1, -0.05) is 90.6 Å². The van der Waals surface area contributed by atoms with Gasteiger partial charge in [0.2, 0.25) is 0 Å². The number of alkyl carbamates (subject to hydrolysis) is 1. The van der Waals surface area contributed by atoms with Crippen molar-refractivity contribution in [2.24, 2.45) is 0 Å². The molecule has 1 N–H and O–H groups in total. The molecule has 28 heavy (non-hydrogen) atoms. The van der Waals surface area contributed by atoms with Gasteiger partial charge >= 0.3 is 12.1 Å². The minimum Gasteiger partial charge on any atom is -0.464 e. The summed E-state index contributed by atoms with van der Waals surface area (Å²) < 4.78 is 10.5. The lowest BCUT2D eigenvalue weighted by atomic mass is 10.1. The second-order valence-corrected chi connectivity index (χ2v) is 7.41. The van der Waals surface area contributed by atoms with Crippen LogP contribution >= 0.6 is 0 Å². The molecule has 5 nitrogen and oxygen atoms in total. The highest BCUT2D eigenvalue weighted by Crippen LogP contribution is 2.08. The quantitative estimate of drug-likeness (QED) is 0.157. The van der Waals surface area contributed by atoms with Crippen LogP contribution in [0.3, 0.4) is 0 Å². The number of hydrogen-bond acceptors (Lipinski definition) is 4. The van der Waals surface area contributed by atoms with Gasteiger partial charge in [0.05, 0.1) is 13.2 Å². The van der Waals surface area contributed by atoms with Gasteiger partial charge in [0.1, 0.15) is 6.04 Å². The lowest BCUT2D eigenvalue weighted by molar-refractivity contribution is -0.146. The number of ether oxygens (including phenoxy) is 2. The van der Waals surface area contributed by atoms with E-state index in [2.05, 4.69) is 25.7 Å². The molecule has 1 amide bonds. The Hall–Kier alpha value is -1.52. The van der Waals surface area contributed by atoms with Crippen LogP contribution in [0.15, 0.2) is 12.7 Å². The largest absolute Gasteiger partial charge is 0.464 e. The van der Waals surface area contributed by atoms with Gasteiger partial charge in [-0.05, 0) is 19.3 Å². The first-order valence-electron chi connectivity index (χ1n) is 11.4. The summed E-state index contributed by atoms with van der Waals surface area (Å²) >= 11 is 0. The third kappa shape index (κ3) is 16.6. The van der Waals surface area contributed by atoms with E-state index >= 15 is 0 Å². The smallest absolute Gasteiger partial charge is 0.407 e. The first-order valence-corrected chi connectivity index (χ1v) is 11.4. The van der Waals surface area contributed by atoms with E-state index < -0.39 is 18.1 Å².